The van der Waals surface area contributed by atoms with E-state index in [-0.39, 0.29) is 0 Å². The first-order valence-electron chi connectivity index (χ1n) is 5.08. The molecule has 0 spiro atoms. The minimum atomic E-state index is 0.728. The summed E-state index contributed by atoms with van der Waals surface area (Å²) < 4.78 is 2.07. The smallest absolute Gasteiger partial charge is 0.0488 e. The lowest BCUT2D eigenvalue weighted by Crippen LogP contribution is -1.99. The molecule has 4 heteroatoms. The molecule has 0 aliphatic carbocycles. The van der Waals surface area contributed by atoms with Crippen LogP contribution in [-0.2, 0) is 6.54 Å². The highest BCUT2D eigenvalue weighted by Gasteiger charge is 2.00. The highest BCUT2D eigenvalue weighted by molar-refractivity contribution is 9.10. The summed E-state index contributed by atoms with van der Waals surface area (Å²) in [6.07, 6.45) is 0. The maximum Gasteiger partial charge on any atom is 0.0488 e. The quantitative estimate of drug-likeness (QED) is 0.749. The Kier molecular flexibility index (Phi) is 4.48. The third kappa shape index (κ3) is 3.73. The van der Waals surface area contributed by atoms with Crippen LogP contribution < -0.4 is 5.32 Å². The van der Waals surface area contributed by atoms with E-state index in [2.05, 4.69) is 49.3 Å². The summed E-state index contributed by atoms with van der Waals surface area (Å²) in [4.78, 5) is 0. The summed E-state index contributed by atoms with van der Waals surface area (Å²) in [5.41, 5.74) is 2.27. The first-order valence-corrected chi connectivity index (χ1v) is 7.05. The second-order valence-corrected chi connectivity index (χ2v) is 5.81. The van der Waals surface area contributed by atoms with E-state index in [0.717, 1.165) is 26.2 Å². The third-order valence-corrected chi connectivity index (χ3v) is 3.75. The summed E-state index contributed by atoms with van der Waals surface area (Å²) in [7, 11) is 0. The van der Waals surface area contributed by atoms with Crippen molar-refractivity contribution in [2.45, 2.75) is 6.54 Å². The Balaban J connectivity index is 2.04. The molecule has 0 aliphatic rings. The fraction of sp³-hybridized carbons (Fsp3) is 0.0769. The van der Waals surface area contributed by atoms with E-state index in [4.69, 9.17) is 11.6 Å². The Morgan fingerprint density at radius 3 is 2.35 bits per heavy atom. The van der Waals surface area contributed by atoms with Gasteiger partial charge in [0.15, 0.2) is 0 Å². The summed E-state index contributed by atoms with van der Waals surface area (Å²) in [5, 5.41) is 4.08. The maximum atomic E-state index is 5.89. The zero-order valence-electron chi connectivity index (χ0n) is 8.88. The van der Waals surface area contributed by atoms with Gasteiger partial charge < -0.3 is 5.32 Å². The summed E-state index contributed by atoms with van der Waals surface area (Å²) >= 11 is 12.8. The fourth-order valence-corrected chi connectivity index (χ4v) is 2.52. The molecule has 17 heavy (non-hydrogen) atoms. The van der Waals surface area contributed by atoms with E-state index in [1.54, 1.807) is 0 Å². The van der Waals surface area contributed by atoms with Crippen LogP contribution in [0.15, 0.2) is 51.4 Å². The summed E-state index contributed by atoms with van der Waals surface area (Å²) in [6, 6.07) is 14.0. The van der Waals surface area contributed by atoms with Crippen LogP contribution in [0.3, 0.4) is 0 Å². The van der Waals surface area contributed by atoms with Crippen molar-refractivity contribution in [2.24, 2.45) is 0 Å². The largest absolute Gasteiger partial charge is 0.380 e. The SMILES string of the molecule is Clc1ccc(NCc2ccc(Br)cc2)c(Br)c1. The van der Waals surface area contributed by atoms with Gasteiger partial charge in [-0.1, -0.05) is 39.7 Å². The van der Waals surface area contributed by atoms with E-state index in [0.29, 0.717) is 0 Å². The van der Waals surface area contributed by atoms with E-state index in [1.807, 2.05) is 30.3 Å². The Morgan fingerprint density at radius 1 is 1.00 bits per heavy atom. The minimum Gasteiger partial charge on any atom is -0.380 e. The number of hydrogen-bond donors (Lipinski definition) is 1. The molecule has 0 fully saturated rings. The van der Waals surface area contributed by atoms with Crippen molar-refractivity contribution in [3.63, 3.8) is 0 Å². The molecule has 0 aliphatic heterocycles. The van der Waals surface area contributed by atoms with E-state index < -0.39 is 0 Å². The summed E-state index contributed by atoms with van der Waals surface area (Å²) in [6.45, 7) is 0.785. The van der Waals surface area contributed by atoms with Gasteiger partial charge in [-0.2, -0.15) is 0 Å². The Labute approximate surface area is 122 Å². The van der Waals surface area contributed by atoms with Gasteiger partial charge in [0, 0.05) is 26.2 Å². The van der Waals surface area contributed by atoms with Crippen molar-refractivity contribution in [2.75, 3.05) is 5.32 Å². The predicted octanol–water partition coefficient (Wildman–Crippen LogP) is 5.48. The van der Waals surface area contributed by atoms with Crippen LogP contribution in [0.4, 0.5) is 5.69 Å². The van der Waals surface area contributed by atoms with Gasteiger partial charge in [0.05, 0.1) is 0 Å². The topological polar surface area (TPSA) is 12.0 Å². The fourth-order valence-electron chi connectivity index (χ4n) is 1.43. The molecule has 1 nitrogen and oxygen atoms in total. The lowest BCUT2D eigenvalue weighted by molar-refractivity contribution is 1.14. The highest BCUT2D eigenvalue weighted by atomic mass is 79.9. The number of benzene rings is 2. The highest BCUT2D eigenvalue weighted by Crippen LogP contribution is 2.26. The van der Waals surface area contributed by atoms with Gasteiger partial charge in [0.2, 0.25) is 0 Å². The van der Waals surface area contributed by atoms with Crippen molar-refractivity contribution in [3.8, 4) is 0 Å². The number of nitrogens with one attached hydrogen (secondary N) is 1. The monoisotopic (exact) mass is 373 g/mol. The van der Waals surface area contributed by atoms with E-state index in [1.165, 1.54) is 5.56 Å². The zero-order chi connectivity index (χ0) is 12.3. The normalized spacial score (nSPS) is 10.3. The molecule has 0 saturated heterocycles. The van der Waals surface area contributed by atoms with Gasteiger partial charge in [0.1, 0.15) is 0 Å². The lowest BCUT2D eigenvalue weighted by atomic mass is 10.2. The molecule has 1 N–H and O–H groups in total. The standard InChI is InChI=1S/C13H10Br2ClN/c14-10-3-1-9(2-4-10)8-17-13-6-5-11(16)7-12(13)15/h1-7,17H,8H2. The molecule has 88 valence electrons. The maximum absolute atomic E-state index is 5.89. The Morgan fingerprint density at radius 2 is 1.71 bits per heavy atom. The van der Waals surface area contributed by atoms with Crippen molar-refractivity contribution >= 4 is 49.1 Å². The van der Waals surface area contributed by atoms with E-state index >= 15 is 0 Å². The van der Waals surface area contributed by atoms with Crippen LogP contribution in [0.25, 0.3) is 0 Å². The van der Waals surface area contributed by atoms with Crippen molar-refractivity contribution < 1.29 is 0 Å². The average molecular weight is 375 g/mol. The third-order valence-electron chi connectivity index (χ3n) is 2.33. The number of rotatable bonds is 3. The molecular weight excluding hydrogens is 365 g/mol. The predicted molar refractivity (Wildman–Crippen MR) is 80.6 cm³/mol. The molecule has 0 unspecified atom stereocenters. The van der Waals surface area contributed by atoms with Crippen LogP contribution in [0, 0.1) is 0 Å². The van der Waals surface area contributed by atoms with Crippen LogP contribution in [-0.4, -0.2) is 0 Å². The minimum absolute atomic E-state index is 0.728. The van der Waals surface area contributed by atoms with Gasteiger partial charge in [-0.25, -0.2) is 0 Å². The number of halogens is 3. The number of anilines is 1. The molecule has 2 rings (SSSR count). The lowest BCUT2D eigenvalue weighted by Gasteiger charge is -2.09. The zero-order valence-corrected chi connectivity index (χ0v) is 12.8. The molecular formula is C13H10Br2ClN. The van der Waals surface area contributed by atoms with Gasteiger partial charge >= 0.3 is 0 Å². The molecule has 2 aromatic carbocycles. The van der Waals surface area contributed by atoms with Crippen molar-refractivity contribution in [3.05, 3.63) is 62.0 Å². The van der Waals surface area contributed by atoms with Crippen molar-refractivity contribution in [1.82, 2.24) is 0 Å². The van der Waals surface area contributed by atoms with Crippen LogP contribution in [0.5, 0.6) is 0 Å². The molecule has 0 heterocycles. The molecule has 0 saturated carbocycles. The second-order valence-electron chi connectivity index (χ2n) is 3.60. The van der Waals surface area contributed by atoms with Crippen LogP contribution in [0.1, 0.15) is 5.56 Å². The molecule has 0 bridgehead atoms. The summed E-state index contributed by atoms with van der Waals surface area (Å²) in [5.74, 6) is 0. The second kappa shape index (κ2) is 5.89. The molecule has 2 aromatic rings. The van der Waals surface area contributed by atoms with Crippen molar-refractivity contribution in [1.29, 1.82) is 0 Å². The Hall–Kier alpha value is -0.510. The molecule has 0 aromatic heterocycles. The first kappa shape index (κ1) is 12.9. The van der Waals surface area contributed by atoms with Gasteiger partial charge in [-0.3, -0.25) is 0 Å². The van der Waals surface area contributed by atoms with Crippen LogP contribution in [0.2, 0.25) is 5.02 Å². The number of hydrogen-bond acceptors (Lipinski definition) is 1. The van der Waals surface area contributed by atoms with Gasteiger partial charge in [0.25, 0.3) is 0 Å². The average Bonchev–Trinajstić information content (AvgIpc) is 2.30. The first-order chi connectivity index (χ1) is 8.15. The van der Waals surface area contributed by atoms with Gasteiger partial charge in [-0.15, -0.1) is 0 Å². The Bertz CT molecular complexity index is 511. The molecule has 0 atom stereocenters. The van der Waals surface area contributed by atoms with Crippen LogP contribution >= 0.6 is 43.5 Å². The van der Waals surface area contributed by atoms with E-state index in [9.17, 15) is 0 Å². The van der Waals surface area contributed by atoms with Gasteiger partial charge in [-0.05, 0) is 51.8 Å². The molecule has 0 amide bonds. The molecule has 0 radical (unpaired) electrons.